The molecule has 3 rings (SSSR count). The van der Waals surface area contributed by atoms with Gasteiger partial charge in [0.15, 0.2) is 11.5 Å². The maximum absolute atomic E-state index is 12.6. The molecule has 1 amide bonds. The molecule has 26 heavy (non-hydrogen) atoms. The highest BCUT2D eigenvalue weighted by molar-refractivity contribution is 5.91. The lowest BCUT2D eigenvalue weighted by atomic mass is 10.1. The Morgan fingerprint density at radius 2 is 1.88 bits per heavy atom. The molecule has 2 aromatic rings. The Bertz CT molecular complexity index is 822. The van der Waals surface area contributed by atoms with E-state index in [1.165, 1.54) is 13.0 Å². The number of carbonyl (C=O) groups is 1. The second-order valence-corrected chi connectivity index (χ2v) is 5.85. The van der Waals surface area contributed by atoms with E-state index >= 15 is 0 Å². The van der Waals surface area contributed by atoms with Crippen LogP contribution in [0.5, 0.6) is 11.5 Å². The molecule has 1 aliphatic rings. The molecule has 0 atom stereocenters. The number of hydrogen-bond donors (Lipinski definition) is 1. The fourth-order valence-corrected chi connectivity index (χ4v) is 2.60. The van der Waals surface area contributed by atoms with Gasteiger partial charge in [0.1, 0.15) is 18.9 Å². The highest BCUT2D eigenvalue weighted by atomic mass is 19.4. The zero-order chi connectivity index (χ0) is 18.7. The van der Waals surface area contributed by atoms with Crippen molar-refractivity contribution >= 4 is 11.6 Å². The molecule has 1 aromatic heterocycles. The van der Waals surface area contributed by atoms with Gasteiger partial charge in [0.2, 0.25) is 5.91 Å². The summed E-state index contributed by atoms with van der Waals surface area (Å²) in [6.45, 7) is 2.44. The minimum Gasteiger partial charge on any atom is -0.486 e. The van der Waals surface area contributed by atoms with Gasteiger partial charge in [0, 0.05) is 23.9 Å². The summed E-state index contributed by atoms with van der Waals surface area (Å²) in [6, 6.07) is 7.39. The highest BCUT2D eigenvalue weighted by Crippen LogP contribution is 2.32. The van der Waals surface area contributed by atoms with Gasteiger partial charge in [0.05, 0.1) is 0 Å². The van der Waals surface area contributed by atoms with Gasteiger partial charge in [-0.15, -0.1) is 0 Å². The number of carbonyl (C=O) groups excluding carboxylic acids is 1. The van der Waals surface area contributed by atoms with Crippen molar-refractivity contribution in [2.45, 2.75) is 25.9 Å². The van der Waals surface area contributed by atoms with Gasteiger partial charge in [0.25, 0.3) is 0 Å². The van der Waals surface area contributed by atoms with Gasteiger partial charge in [-0.1, -0.05) is 6.07 Å². The van der Waals surface area contributed by atoms with Crippen LogP contribution in [0.15, 0.2) is 30.3 Å². The molecular weight excluding hydrogens is 349 g/mol. The van der Waals surface area contributed by atoms with Crippen molar-refractivity contribution in [3.8, 4) is 11.5 Å². The first kappa shape index (κ1) is 18.0. The second kappa shape index (κ2) is 7.23. The van der Waals surface area contributed by atoms with Crippen molar-refractivity contribution < 1.29 is 27.4 Å². The van der Waals surface area contributed by atoms with Crippen molar-refractivity contribution in [3.63, 3.8) is 0 Å². The fraction of sp³-hybridized carbons (Fsp3) is 0.333. The van der Waals surface area contributed by atoms with Crippen molar-refractivity contribution in [2.75, 3.05) is 18.5 Å². The lowest BCUT2D eigenvalue weighted by Gasteiger charge is -2.19. The molecule has 8 heteroatoms. The predicted octanol–water partition coefficient (Wildman–Crippen LogP) is 3.75. The number of rotatable bonds is 4. The molecule has 138 valence electrons. The molecule has 5 nitrogen and oxygen atoms in total. The molecule has 0 spiro atoms. The van der Waals surface area contributed by atoms with E-state index in [4.69, 9.17) is 9.47 Å². The number of aryl methyl sites for hydroxylation is 2. The summed E-state index contributed by atoms with van der Waals surface area (Å²) in [5, 5.41) is 2.74. The summed E-state index contributed by atoms with van der Waals surface area (Å²) >= 11 is 0. The van der Waals surface area contributed by atoms with Gasteiger partial charge in [-0.05, 0) is 37.1 Å². The van der Waals surface area contributed by atoms with Crippen LogP contribution >= 0.6 is 0 Å². The molecule has 0 aliphatic carbocycles. The largest absolute Gasteiger partial charge is 0.486 e. The Morgan fingerprint density at radius 3 is 2.58 bits per heavy atom. The lowest BCUT2D eigenvalue weighted by molar-refractivity contribution is -0.141. The highest BCUT2D eigenvalue weighted by Gasteiger charge is 2.32. The van der Waals surface area contributed by atoms with Crippen LogP contribution in [0.25, 0.3) is 0 Å². The zero-order valence-electron chi connectivity index (χ0n) is 14.0. The number of fused-ring (bicyclic) bond motifs is 1. The first-order chi connectivity index (χ1) is 12.3. The van der Waals surface area contributed by atoms with Crippen LogP contribution in [0.1, 0.15) is 23.4 Å². The number of halogens is 3. The lowest BCUT2D eigenvalue weighted by Crippen LogP contribution is -2.16. The number of aromatic nitrogens is 1. The quantitative estimate of drug-likeness (QED) is 0.895. The average molecular weight is 366 g/mol. The first-order valence-electron chi connectivity index (χ1n) is 8.06. The Hall–Kier alpha value is -2.77. The number of hydrogen-bond acceptors (Lipinski definition) is 4. The Kier molecular flexibility index (Phi) is 5.01. The summed E-state index contributed by atoms with van der Waals surface area (Å²) < 4.78 is 48.8. The summed E-state index contributed by atoms with van der Waals surface area (Å²) in [5.74, 6) is 0.943. The SMILES string of the molecule is Cc1nc(C(F)(F)F)ccc1CCC(=O)Nc1ccc2c(c1)OCCO2. The van der Waals surface area contributed by atoms with E-state index in [1.807, 2.05) is 0 Å². The number of alkyl halides is 3. The van der Waals surface area contributed by atoms with Crippen LogP contribution in [0, 0.1) is 6.92 Å². The fourth-order valence-electron chi connectivity index (χ4n) is 2.60. The molecular formula is C18H17F3N2O3. The smallest absolute Gasteiger partial charge is 0.433 e. The summed E-state index contributed by atoms with van der Waals surface area (Å²) in [4.78, 5) is 15.7. The maximum atomic E-state index is 12.6. The molecule has 1 aliphatic heterocycles. The number of ether oxygens (including phenoxy) is 2. The van der Waals surface area contributed by atoms with Crippen LogP contribution < -0.4 is 14.8 Å². The van der Waals surface area contributed by atoms with E-state index in [2.05, 4.69) is 10.3 Å². The second-order valence-electron chi connectivity index (χ2n) is 5.85. The number of pyridine rings is 1. The average Bonchev–Trinajstić information content (AvgIpc) is 2.59. The normalized spacial score (nSPS) is 13.4. The maximum Gasteiger partial charge on any atom is 0.433 e. The molecule has 0 saturated carbocycles. The number of nitrogens with zero attached hydrogens (tertiary/aromatic N) is 1. The molecule has 0 fully saturated rings. The van der Waals surface area contributed by atoms with E-state index < -0.39 is 11.9 Å². The van der Waals surface area contributed by atoms with Gasteiger partial charge in [-0.3, -0.25) is 4.79 Å². The Morgan fingerprint density at radius 1 is 1.15 bits per heavy atom. The van der Waals surface area contributed by atoms with E-state index in [0.717, 1.165) is 6.07 Å². The predicted molar refractivity (Wildman–Crippen MR) is 88.4 cm³/mol. The number of benzene rings is 1. The third-order valence-corrected chi connectivity index (χ3v) is 3.93. The van der Waals surface area contributed by atoms with E-state index in [-0.39, 0.29) is 18.0 Å². The van der Waals surface area contributed by atoms with Gasteiger partial charge < -0.3 is 14.8 Å². The van der Waals surface area contributed by atoms with Crippen LogP contribution in [0.4, 0.5) is 18.9 Å². The van der Waals surface area contributed by atoms with Crippen molar-refractivity contribution in [1.29, 1.82) is 0 Å². The van der Waals surface area contributed by atoms with Crippen LogP contribution in [0.3, 0.4) is 0 Å². The number of anilines is 1. The summed E-state index contributed by atoms with van der Waals surface area (Å²) in [7, 11) is 0. The van der Waals surface area contributed by atoms with Crippen molar-refractivity contribution in [1.82, 2.24) is 4.98 Å². The summed E-state index contributed by atoms with van der Waals surface area (Å²) in [5.41, 5.74) is 0.517. The topological polar surface area (TPSA) is 60.5 Å². The molecule has 0 unspecified atom stereocenters. The van der Waals surface area contributed by atoms with Crippen LogP contribution in [-0.4, -0.2) is 24.1 Å². The third kappa shape index (κ3) is 4.25. The van der Waals surface area contributed by atoms with E-state index in [9.17, 15) is 18.0 Å². The van der Waals surface area contributed by atoms with E-state index in [0.29, 0.717) is 42.4 Å². The summed E-state index contributed by atoms with van der Waals surface area (Å²) in [6.07, 6.45) is -4.05. The monoisotopic (exact) mass is 366 g/mol. The molecule has 1 N–H and O–H groups in total. The first-order valence-corrected chi connectivity index (χ1v) is 8.06. The van der Waals surface area contributed by atoms with Crippen LogP contribution in [-0.2, 0) is 17.4 Å². The third-order valence-electron chi connectivity index (χ3n) is 3.93. The zero-order valence-corrected chi connectivity index (χ0v) is 14.0. The Balaban J connectivity index is 1.59. The molecule has 0 radical (unpaired) electrons. The van der Waals surface area contributed by atoms with Gasteiger partial charge in [-0.2, -0.15) is 13.2 Å². The molecule has 1 aromatic carbocycles. The van der Waals surface area contributed by atoms with Gasteiger partial charge >= 0.3 is 6.18 Å². The minimum absolute atomic E-state index is 0.127. The van der Waals surface area contributed by atoms with Crippen molar-refractivity contribution in [2.24, 2.45) is 0 Å². The molecule has 0 saturated heterocycles. The standard InChI is InChI=1S/C18H17F3N2O3/c1-11-12(2-6-16(22-11)18(19,20)21)3-7-17(24)23-13-4-5-14-15(10-13)26-9-8-25-14/h2,4-6,10H,3,7-9H2,1H3,(H,23,24). The number of nitrogens with one attached hydrogen (secondary N) is 1. The minimum atomic E-state index is -4.47. The van der Waals surface area contributed by atoms with E-state index in [1.54, 1.807) is 18.2 Å². The molecule has 2 heterocycles. The van der Waals surface area contributed by atoms with Crippen molar-refractivity contribution in [3.05, 3.63) is 47.3 Å². The van der Waals surface area contributed by atoms with Crippen LogP contribution in [0.2, 0.25) is 0 Å². The van der Waals surface area contributed by atoms with Gasteiger partial charge in [-0.25, -0.2) is 4.98 Å². The number of amides is 1. The Labute approximate surface area is 148 Å². The molecule has 0 bridgehead atoms.